The van der Waals surface area contributed by atoms with Gasteiger partial charge in [0.15, 0.2) is 0 Å². The smallest absolute Gasteiger partial charge is 0.325 e. The Hall–Kier alpha value is -1.59. The third-order valence-electron chi connectivity index (χ3n) is 2.06. The van der Waals surface area contributed by atoms with Gasteiger partial charge in [-0.3, -0.25) is 14.5 Å². The number of hydrogen-bond donors (Lipinski definition) is 1. The lowest BCUT2D eigenvalue weighted by atomic mass is 10.1. The number of amides is 3. The number of esters is 1. The standard InChI is InChI=1S/C9H14N2O4/c1-6(12)15-5-4-11-7(13)9(2,3)10-8(11)14/h4-5H2,1-3H3,(H,10,14). The van der Waals surface area contributed by atoms with E-state index >= 15 is 0 Å². The summed E-state index contributed by atoms with van der Waals surface area (Å²) in [6.07, 6.45) is 0. The molecule has 0 saturated carbocycles. The molecule has 0 aromatic rings. The quantitative estimate of drug-likeness (QED) is 0.525. The Morgan fingerprint density at radius 3 is 2.47 bits per heavy atom. The van der Waals surface area contributed by atoms with Crippen molar-refractivity contribution >= 4 is 17.9 Å². The van der Waals surface area contributed by atoms with Crippen molar-refractivity contribution in [1.82, 2.24) is 10.2 Å². The molecule has 0 atom stereocenters. The lowest BCUT2D eigenvalue weighted by molar-refractivity contribution is -0.142. The molecule has 0 bridgehead atoms. The van der Waals surface area contributed by atoms with Crippen molar-refractivity contribution in [2.24, 2.45) is 0 Å². The van der Waals surface area contributed by atoms with Crippen molar-refractivity contribution in [2.45, 2.75) is 26.3 Å². The number of nitrogens with zero attached hydrogens (tertiary/aromatic N) is 1. The third-order valence-corrected chi connectivity index (χ3v) is 2.06. The van der Waals surface area contributed by atoms with Gasteiger partial charge in [-0.2, -0.15) is 0 Å². The molecule has 1 heterocycles. The molecular weight excluding hydrogens is 200 g/mol. The van der Waals surface area contributed by atoms with Crippen LogP contribution in [-0.4, -0.2) is 41.5 Å². The molecule has 6 heteroatoms. The van der Waals surface area contributed by atoms with Gasteiger partial charge in [-0.25, -0.2) is 4.79 Å². The van der Waals surface area contributed by atoms with Gasteiger partial charge in [0.05, 0.1) is 6.54 Å². The number of ether oxygens (including phenoxy) is 1. The molecule has 1 fully saturated rings. The third kappa shape index (κ3) is 2.45. The van der Waals surface area contributed by atoms with E-state index in [1.165, 1.54) is 6.92 Å². The summed E-state index contributed by atoms with van der Waals surface area (Å²) in [6.45, 7) is 4.65. The van der Waals surface area contributed by atoms with Crippen molar-refractivity contribution in [3.8, 4) is 0 Å². The van der Waals surface area contributed by atoms with E-state index in [4.69, 9.17) is 0 Å². The molecular formula is C9H14N2O4. The molecule has 6 nitrogen and oxygen atoms in total. The van der Waals surface area contributed by atoms with Crippen molar-refractivity contribution in [3.05, 3.63) is 0 Å². The van der Waals surface area contributed by atoms with E-state index in [9.17, 15) is 14.4 Å². The van der Waals surface area contributed by atoms with Crippen LogP contribution in [0.4, 0.5) is 4.79 Å². The Morgan fingerprint density at radius 2 is 2.07 bits per heavy atom. The summed E-state index contributed by atoms with van der Waals surface area (Å²) in [4.78, 5) is 34.5. The Morgan fingerprint density at radius 1 is 1.47 bits per heavy atom. The van der Waals surface area contributed by atoms with E-state index in [-0.39, 0.29) is 19.1 Å². The highest BCUT2D eigenvalue weighted by atomic mass is 16.5. The molecule has 0 unspecified atom stereocenters. The molecule has 0 spiro atoms. The van der Waals surface area contributed by atoms with Crippen LogP contribution < -0.4 is 5.32 Å². The number of nitrogens with one attached hydrogen (secondary N) is 1. The fourth-order valence-corrected chi connectivity index (χ4v) is 1.30. The van der Waals surface area contributed by atoms with Crippen molar-refractivity contribution in [1.29, 1.82) is 0 Å². The van der Waals surface area contributed by atoms with E-state index in [1.807, 2.05) is 0 Å². The first kappa shape index (κ1) is 11.5. The summed E-state index contributed by atoms with van der Waals surface area (Å²) in [5.41, 5.74) is -0.868. The first-order chi connectivity index (χ1) is 6.84. The van der Waals surface area contributed by atoms with Crippen LogP contribution in [0.15, 0.2) is 0 Å². The zero-order chi connectivity index (χ0) is 11.6. The van der Waals surface area contributed by atoms with Gasteiger partial charge in [0.2, 0.25) is 0 Å². The molecule has 3 amide bonds. The van der Waals surface area contributed by atoms with E-state index in [1.54, 1.807) is 13.8 Å². The van der Waals surface area contributed by atoms with Crippen LogP contribution in [0.5, 0.6) is 0 Å². The predicted molar refractivity (Wildman–Crippen MR) is 51.0 cm³/mol. The normalized spacial score (nSPS) is 19.0. The maximum Gasteiger partial charge on any atom is 0.325 e. The van der Waals surface area contributed by atoms with Crippen molar-refractivity contribution < 1.29 is 19.1 Å². The highest BCUT2D eigenvalue weighted by Gasteiger charge is 2.43. The van der Waals surface area contributed by atoms with Crippen LogP contribution in [0.1, 0.15) is 20.8 Å². The monoisotopic (exact) mass is 214 g/mol. The van der Waals surface area contributed by atoms with Gasteiger partial charge in [-0.05, 0) is 13.8 Å². The molecule has 0 radical (unpaired) electrons. The minimum atomic E-state index is -0.868. The van der Waals surface area contributed by atoms with E-state index in [0.717, 1.165) is 4.90 Å². The second-order valence-corrected chi connectivity index (χ2v) is 3.85. The maximum absolute atomic E-state index is 11.6. The van der Waals surface area contributed by atoms with Gasteiger partial charge in [0.1, 0.15) is 12.1 Å². The summed E-state index contributed by atoms with van der Waals surface area (Å²) < 4.78 is 4.66. The van der Waals surface area contributed by atoms with Crippen molar-refractivity contribution in [2.75, 3.05) is 13.2 Å². The van der Waals surface area contributed by atoms with Crippen LogP contribution in [0, 0.1) is 0 Å². The van der Waals surface area contributed by atoms with Crippen LogP contribution in [0.25, 0.3) is 0 Å². The molecule has 1 saturated heterocycles. The number of imide groups is 1. The number of rotatable bonds is 3. The summed E-state index contributed by atoms with van der Waals surface area (Å²) in [6, 6.07) is -0.447. The van der Waals surface area contributed by atoms with Gasteiger partial charge >= 0.3 is 12.0 Å². The highest BCUT2D eigenvalue weighted by molar-refractivity contribution is 6.06. The molecule has 1 aliphatic rings. The van der Waals surface area contributed by atoms with E-state index < -0.39 is 17.5 Å². The Bertz CT molecular complexity index is 311. The van der Waals surface area contributed by atoms with Gasteiger partial charge in [-0.1, -0.05) is 0 Å². The van der Waals surface area contributed by atoms with E-state index in [0.29, 0.717) is 0 Å². The van der Waals surface area contributed by atoms with E-state index in [2.05, 4.69) is 10.1 Å². The lowest BCUT2D eigenvalue weighted by Crippen LogP contribution is -2.40. The molecule has 84 valence electrons. The summed E-state index contributed by atoms with van der Waals surface area (Å²) >= 11 is 0. The molecule has 1 rings (SSSR count). The zero-order valence-corrected chi connectivity index (χ0v) is 8.99. The molecule has 1 N–H and O–H groups in total. The number of carbonyl (C=O) groups excluding carboxylic acids is 3. The lowest BCUT2D eigenvalue weighted by Gasteiger charge is -2.15. The maximum atomic E-state index is 11.6. The number of hydrogen-bond acceptors (Lipinski definition) is 4. The summed E-state index contributed by atoms with van der Waals surface area (Å²) in [5.74, 6) is -0.735. The van der Waals surface area contributed by atoms with Crippen LogP contribution in [-0.2, 0) is 14.3 Å². The van der Waals surface area contributed by atoms with Crippen LogP contribution in [0.3, 0.4) is 0 Å². The molecule has 0 aromatic carbocycles. The first-order valence-corrected chi connectivity index (χ1v) is 4.62. The number of urea groups is 1. The molecule has 1 aliphatic heterocycles. The first-order valence-electron chi connectivity index (χ1n) is 4.62. The summed E-state index contributed by atoms with van der Waals surface area (Å²) in [5, 5.41) is 2.53. The average molecular weight is 214 g/mol. The van der Waals surface area contributed by atoms with Gasteiger partial charge < -0.3 is 10.1 Å². The van der Waals surface area contributed by atoms with Crippen LogP contribution >= 0.6 is 0 Å². The second kappa shape index (κ2) is 3.88. The minimum absolute atomic E-state index is 0.0323. The Kier molecular flexibility index (Phi) is 2.97. The topological polar surface area (TPSA) is 75.7 Å². The predicted octanol–water partition coefficient (Wildman–Crippen LogP) is -0.120. The van der Waals surface area contributed by atoms with Gasteiger partial charge in [-0.15, -0.1) is 0 Å². The zero-order valence-electron chi connectivity index (χ0n) is 8.99. The van der Waals surface area contributed by atoms with Gasteiger partial charge in [0.25, 0.3) is 5.91 Å². The fourth-order valence-electron chi connectivity index (χ4n) is 1.30. The minimum Gasteiger partial charge on any atom is -0.464 e. The van der Waals surface area contributed by atoms with Crippen LogP contribution in [0.2, 0.25) is 0 Å². The fraction of sp³-hybridized carbons (Fsp3) is 0.667. The number of carbonyl (C=O) groups is 3. The summed E-state index contributed by atoms with van der Waals surface area (Å²) in [7, 11) is 0. The second-order valence-electron chi connectivity index (χ2n) is 3.85. The highest BCUT2D eigenvalue weighted by Crippen LogP contribution is 2.15. The largest absolute Gasteiger partial charge is 0.464 e. The molecule has 0 aliphatic carbocycles. The SMILES string of the molecule is CC(=O)OCCN1C(=O)NC(C)(C)C1=O. The Balaban J connectivity index is 2.52. The average Bonchev–Trinajstić information content (AvgIpc) is 2.26. The van der Waals surface area contributed by atoms with Gasteiger partial charge in [0, 0.05) is 6.92 Å². The Labute approximate surface area is 87.6 Å². The molecule has 15 heavy (non-hydrogen) atoms. The molecule has 0 aromatic heterocycles. The van der Waals surface area contributed by atoms with Crippen molar-refractivity contribution in [3.63, 3.8) is 0 Å².